The topological polar surface area (TPSA) is 199 Å². The molecular weight excluding hydrogens is 1270 g/mol. The van der Waals surface area contributed by atoms with Gasteiger partial charge >= 0.3 is 0 Å². The number of hydrogen-bond acceptors (Lipinski definition) is 12. The van der Waals surface area contributed by atoms with E-state index in [0.717, 1.165) is 157 Å². The van der Waals surface area contributed by atoms with E-state index >= 15 is 0 Å². The fraction of sp³-hybridized carbons (Fsp3) is 0.744. The van der Waals surface area contributed by atoms with Gasteiger partial charge in [0.25, 0.3) is 0 Å². The Morgan fingerprint density at radius 2 is 0.918 bits per heavy atom. The number of halogens is 1. The SMILES string of the molecule is C1=NCc2cccnc21.C[C@@]1(O)CC[C@H]2[C@H](CC[C@@H]3[C@@H]2CC[C@]2(C)[C@@H](C(=O)CBr)CC[C@@H]32)C1.C[C@@]1(O)CC[C@H]2[C@H](CC[C@@H]3[C@@H]2CC[C@]2(C)[C@@H](C(=O)Cn4cc5ncccc5n4)CC[C@@H]32)C1.C[C@@]1(O)CC[C@H]2[C@H](CC[C@@H]3[C@@H]2CC[C@]2(C)[C@@H](C(=O)Cn4ncc5ncccc54)CC[C@@H]32)C1. The van der Waals surface area contributed by atoms with E-state index in [1.165, 1.54) is 121 Å². The third-order valence-electron chi connectivity index (χ3n) is 30.8. The van der Waals surface area contributed by atoms with Gasteiger partial charge in [-0.25, -0.2) is 0 Å². The summed E-state index contributed by atoms with van der Waals surface area (Å²) in [4.78, 5) is 56.4. The van der Waals surface area contributed by atoms with E-state index in [9.17, 15) is 29.7 Å². The molecule has 0 unspecified atom stereocenters. The Kier molecular flexibility index (Phi) is 18.8. The number of alkyl halides is 1. The number of nitrogens with zero attached hydrogens (tertiary/aromatic N) is 8. The predicted molar refractivity (Wildman–Crippen MR) is 383 cm³/mol. The van der Waals surface area contributed by atoms with Crippen molar-refractivity contribution in [1.29, 1.82) is 0 Å². The van der Waals surface area contributed by atoms with E-state index in [0.29, 0.717) is 65.4 Å². The summed E-state index contributed by atoms with van der Waals surface area (Å²) in [5.74, 6) is 13.5. The molecule has 5 aromatic heterocycles. The third-order valence-corrected chi connectivity index (χ3v) is 31.3. The molecule has 524 valence electrons. The molecule has 0 spiro atoms. The second-order valence-electron chi connectivity index (χ2n) is 36.0. The van der Waals surface area contributed by atoms with Crippen molar-refractivity contribution in [1.82, 2.24) is 34.5 Å². The van der Waals surface area contributed by atoms with E-state index in [1.54, 1.807) is 29.5 Å². The fourth-order valence-corrected chi connectivity index (χ4v) is 26.8. The first-order chi connectivity index (χ1) is 46.5. The molecule has 12 fully saturated rings. The molecule has 5 aromatic rings. The van der Waals surface area contributed by atoms with Crippen LogP contribution < -0.4 is 0 Å². The first-order valence-electron chi connectivity index (χ1n) is 38.8. The lowest BCUT2D eigenvalue weighted by Gasteiger charge is -2.56. The molecule has 24 atom stereocenters. The standard InChI is InChI=1S/2C27H37N3O2.C21H33BrO2.C7H6N2/c1-26(32)11-9-18-17(14-26)5-6-20-19(18)10-12-27(2)21(20)7-8-22(27)25(31)16-30-24-4-3-13-28-23(24)15-29-30;1-26(32)11-9-18-17(14-26)5-6-20-19(18)10-12-27(2)21(20)7-8-22(27)25(31)16-30-15-24-23(29-30)4-3-13-28-24;1-20(24)9-7-14-13(11-20)3-4-16-15(14)8-10-21(2)17(16)5-6-18(21)19(23)12-22;1-2-6-4-8-5-7(6)9-3-1/h2*3-4,13,15,17-22,32H,5-12,14,16H2,1-2H3;13-18,24H,3-12H2,1-2H3;1-3,5H,4H2/t2*17-,18+,19-,20-,21+,22-,26-,27+;13-,14+,15-,16-,17+,18-,20-,21+;/m111./s1. The molecule has 0 amide bonds. The number of Topliss-reactive ketones (excluding diaryl/α,β-unsaturated/α-hetero) is 3. The van der Waals surface area contributed by atoms with Crippen molar-refractivity contribution in [2.75, 3.05) is 5.33 Å². The highest BCUT2D eigenvalue weighted by Crippen LogP contribution is 2.68. The highest BCUT2D eigenvalue weighted by atomic mass is 79.9. The normalized spacial score (nSPS) is 43.3. The fourth-order valence-electron chi connectivity index (χ4n) is 26.4. The molecule has 3 N–H and O–H groups in total. The quantitative estimate of drug-likeness (QED) is 0.125. The van der Waals surface area contributed by atoms with Crippen LogP contribution in [0.5, 0.6) is 0 Å². The van der Waals surface area contributed by atoms with E-state index in [-0.39, 0.29) is 28.1 Å². The Morgan fingerprint density at radius 3 is 1.40 bits per heavy atom. The molecule has 12 saturated carbocycles. The number of hydrogen-bond donors (Lipinski definition) is 3. The van der Waals surface area contributed by atoms with E-state index < -0.39 is 16.8 Å². The number of carbonyl (C=O) groups excluding carboxylic acids is 3. The average Bonchev–Trinajstić information content (AvgIpc) is 1.67. The molecule has 0 aromatic carbocycles. The molecule has 12 aliphatic carbocycles. The van der Waals surface area contributed by atoms with Crippen molar-refractivity contribution in [2.24, 2.45) is 128 Å². The highest BCUT2D eigenvalue weighted by molar-refractivity contribution is 9.09. The maximum absolute atomic E-state index is 13.6. The minimum absolute atomic E-state index is 0.145. The molecule has 0 saturated heterocycles. The first-order valence-corrected chi connectivity index (χ1v) is 39.9. The molecule has 14 nitrogen and oxygen atoms in total. The molecular formula is C82H113BrN8O6. The molecule has 0 bridgehead atoms. The zero-order valence-corrected chi connectivity index (χ0v) is 60.8. The molecule has 0 radical (unpaired) electrons. The number of aliphatic imine (C=N–C) groups is 1. The van der Waals surface area contributed by atoms with Gasteiger partial charge in [0.15, 0.2) is 11.6 Å². The van der Waals surface area contributed by atoms with Crippen molar-refractivity contribution >= 4 is 61.6 Å². The maximum Gasteiger partial charge on any atom is 0.157 e. The summed E-state index contributed by atoms with van der Waals surface area (Å²) in [5, 5.41) is 41.3. The number of carbonyl (C=O) groups is 3. The number of aliphatic hydroxyl groups is 3. The Labute approximate surface area is 585 Å². The van der Waals surface area contributed by atoms with Crippen LogP contribution >= 0.6 is 15.9 Å². The number of aromatic nitrogens is 7. The summed E-state index contributed by atoms with van der Waals surface area (Å²) < 4.78 is 3.66. The molecule has 6 heterocycles. The maximum atomic E-state index is 13.6. The second-order valence-corrected chi connectivity index (χ2v) is 36.6. The second kappa shape index (κ2) is 26.7. The average molecular weight is 1390 g/mol. The Morgan fingerprint density at radius 1 is 0.474 bits per heavy atom. The van der Waals surface area contributed by atoms with Crippen LogP contribution in [0.15, 0.2) is 72.4 Å². The zero-order valence-electron chi connectivity index (χ0n) is 59.3. The molecule has 13 aliphatic rings. The summed E-state index contributed by atoms with van der Waals surface area (Å²) in [7, 11) is 0. The summed E-state index contributed by atoms with van der Waals surface area (Å²) in [6.45, 7) is 15.0. The van der Waals surface area contributed by atoms with Crippen molar-refractivity contribution in [3.63, 3.8) is 0 Å². The summed E-state index contributed by atoms with van der Waals surface area (Å²) >= 11 is 3.42. The largest absolute Gasteiger partial charge is 0.390 e. The summed E-state index contributed by atoms with van der Waals surface area (Å²) in [6.07, 6.45) is 42.7. The van der Waals surface area contributed by atoms with Crippen LogP contribution in [0.25, 0.3) is 22.1 Å². The first kappa shape index (κ1) is 68.2. The van der Waals surface area contributed by atoms with Crippen LogP contribution in [0.1, 0.15) is 226 Å². The van der Waals surface area contributed by atoms with Crippen LogP contribution in [-0.4, -0.2) is 95.5 Å². The lowest BCUT2D eigenvalue weighted by Crippen LogP contribution is -2.51. The minimum Gasteiger partial charge on any atom is -0.390 e. The lowest BCUT2D eigenvalue weighted by molar-refractivity contribution is -0.133. The Bertz CT molecular complexity index is 3690. The van der Waals surface area contributed by atoms with Crippen LogP contribution in [0.2, 0.25) is 0 Å². The highest BCUT2D eigenvalue weighted by Gasteiger charge is 2.62. The van der Waals surface area contributed by atoms with Gasteiger partial charge in [-0.3, -0.25) is 43.7 Å². The van der Waals surface area contributed by atoms with Gasteiger partial charge in [0.2, 0.25) is 0 Å². The minimum atomic E-state index is -0.450. The van der Waals surface area contributed by atoms with Crippen molar-refractivity contribution in [2.45, 2.75) is 251 Å². The lowest BCUT2D eigenvalue weighted by atomic mass is 9.49. The van der Waals surface area contributed by atoms with Gasteiger partial charge in [0.1, 0.15) is 28.9 Å². The van der Waals surface area contributed by atoms with Gasteiger partial charge in [0.05, 0.1) is 58.8 Å². The van der Waals surface area contributed by atoms with Gasteiger partial charge in [-0.05, 0) is 329 Å². The van der Waals surface area contributed by atoms with Gasteiger partial charge in [-0.1, -0.05) is 42.8 Å². The van der Waals surface area contributed by atoms with Gasteiger partial charge in [0, 0.05) is 48.1 Å². The Hall–Kier alpha value is -4.57. The van der Waals surface area contributed by atoms with Crippen LogP contribution in [0.4, 0.5) is 0 Å². The molecule has 18 rings (SSSR count). The van der Waals surface area contributed by atoms with Crippen molar-refractivity contribution in [3.8, 4) is 0 Å². The Balaban J connectivity index is 0.000000113. The van der Waals surface area contributed by atoms with Gasteiger partial charge in [-0.2, -0.15) is 10.2 Å². The smallest absolute Gasteiger partial charge is 0.157 e. The third kappa shape index (κ3) is 12.9. The van der Waals surface area contributed by atoms with E-state index in [4.69, 9.17) is 0 Å². The number of ketones is 3. The van der Waals surface area contributed by atoms with Crippen LogP contribution in [0, 0.1) is 123 Å². The van der Waals surface area contributed by atoms with Crippen LogP contribution in [-0.2, 0) is 34.0 Å². The molecule has 15 heteroatoms. The van der Waals surface area contributed by atoms with E-state index in [1.807, 2.05) is 68.2 Å². The summed E-state index contributed by atoms with van der Waals surface area (Å²) in [6, 6.07) is 11.8. The predicted octanol–water partition coefficient (Wildman–Crippen LogP) is 16.0. The summed E-state index contributed by atoms with van der Waals surface area (Å²) in [5.41, 5.74) is 5.03. The molecule has 97 heavy (non-hydrogen) atoms. The molecule has 1 aliphatic heterocycles. The number of rotatable bonds is 8. The zero-order chi connectivity index (χ0) is 67.4. The number of fused-ring (bicyclic) bond motifs is 18. The van der Waals surface area contributed by atoms with Crippen LogP contribution in [0.3, 0.4) is 0 Å². The van der Waals surface area contributed by atoms with Crippen molar-refractivity contribution < 1.29 is 29.7 Å². The monoisotopic (exact) mass is 1380 g/mol. The van der Waals surface area contributed by atoms with Gasteiger partial charge in [-0.15, -0.1) is 0 Å². The van der Waals surface area contributed by atoms with Gasteiger partial charge < -0.3 is 15.3 Å². The number of pyridine rings is 3. The van der Waals surface area contributed by atoms with Crippen molar-refractivity contribution in [3.05, 3.63) is 78.6 Å². The van der Waals surface area contributed by atoms with E-state index in [2.05, 4.69) is 72.9 Å².